The highest BCUT2D eigenvalue weighted by Gasteiger charge is 2.22. The first kappa shape index (κ1) is 14.6. The van der Waals surface area contributed by atoms with Crippen LogP contribution in [0.4, 0.5) is 5.82 Å². The minimum absolute atomic E-state index is 0.295. The number of hydrogen-bond acceptors (Lipinski definition) is 5. The molecule has 1 aliphatic rings. The van der Waals surface area contributed by atoms with Gasteiger partial charge in [0.15, 0.2) is 0 Å². The van der Waals surface area contributed by atoms with Crippen molar-refractivity contribution < 1.29 is 4.74 Å². The third kappa shape index (κ3) is 3.21. The molecule has 1 fully saturated rings. The molecular formula is C18H19N3OS. The summed E-state index contributed by atoms with van der Waals surface area (Å²) in [5.41, 5.74) is 2.30. The minimum atomic E-state index is 0.295. The van der Waals surface area contributed by atoms with Crippen molar-refractivity contribution in [1.29, 1.82) is 0 Å². The molecular weight excluding hydrogens is 306 g/mol. The second-order valence-electron chi connectivity index (χ2n) is 5.83. The van der Waals surface area contributed by atoms with Gasteiger partial charge < -0.3 is 9.64 Å². The van der Waals surface area contributed by atoms with Crippen LogP contribution in [0.5, 0.6) is 0 Å². The van der Waals surface area contributed by atoms with Crippen LogP contribution in [0.15, 0.2) is 48.1 Å². The lowest BCUT2D eigenvalue weighted by molar-refractivity contribution is 0.115. The molecule has 3 heterocycles. The summed E-state index contributed by atoms with van der Waals surface area (Å²) in [4.78, 5) is 11.3. The molecule has 0 bridgehead atoms. The Balaban J connectivity index is 1.67. The van der Waals surface area contributed by atoms with E-state index >= 15 is 0 Å². The van der Waals surface area contributed by atoms with Crippen molar-refractivity contribution >= 4 is 27.4 Å². The van der Waals surface area contributed by atoms with Gasteiger partial charge in [0.05, 0.1) is 16.3 Å². The predicted octanol–water partition coefficient (Wildman–Crippen LogP) is 3.88. The van der Waals surface area contributed by atoms with Crippen LogP contribution in [0.1, 0.15) is 18.4 Å². The Hall–Kier alpha value is -1.98. The zero-order valence-corrected chi connectivity index (χ0v) is 13.7. The largest absolute Gasteiger partial charge is 0.376 e. The SMILES string of the molecule is c1ccc(CN(C[C@H]2CCCO2)c2ncnc3ccsc23)cc1. The van der Waals surface area contributed by atoms with Gasteiger partial charge in [0.2, 0.25) is 0 Å². The highest BCUT2D eigenvalue weighted by atomic mass is 32.1. The first-order valence-corrected chi connectivity index (χ1v) is 8.87. The number of fused-ring (bicyclic) bond motifs is 1. The van der Waals surface area contributed by atoms with Crippen LogP contribution in [0.25, 0.3) is 10.2 Å². The number of thiophene rings is 1. The molecule has 0 aliphatic carbocycles. The first-order chi connectivity index (χ1) is 11.4. The summed E-state index contributed by atoms with van der Waals surface area (Å²) in [7, 11) is 0. The number of ether oxygens (including phenoxy) is 1. The molecule has 1 atom stereocenters. The van der Waals surface area contributed by atoms with Crippen molar-refractivity contribution in [1.82, 2.24) is 9.97 Å². The Morgan fingerprint density at radius 3 is 2.91 bits per heavy atom. The van der Waals surface area contributed by atoms with Gasteiger partial charge in [-0.15, -0.1) is 11.3 Å². The highest BCUT2D eigenvalue weighted by Crippen LogP contribution is 2.30. The van der Waals surface area contributed by atoms with Crippen molar-refractivity contribution in [2.75, 3.05) is 18.1 Å². The minimum Gasteiger partial charge on any atom is -0.376 e. The summed E-state index contributed by atoms with van der Waals surface area (Å²) < 4.78 is 7.01. The lowest BCUT2D eigenvalue weighted by Gasteiger charge is -2.26. The monoisotopic (exact) mass is 325 g/mol. The van der Waals surface area contributed by atoms with E-state index in [0.717, 1.165) is 48.6 Å². The van der Waals surface area contributed by atoms with E-state index in [4.69, 9.17) is 4.74 Å². The van der Waals surface area contributed by atoms with Gasteiger partial charge in [0.25, 0.3) is 0 Å². The van der Waals surface area contributed by atoms with Crippen molar-refractivity contribution in [2.24, 2.45) is 0 Å². The molecule has 0 amide bonds. The number of aromatic nitrogens is 2. The maximum atomic E-state index is 5.85. The Labute approximate surface area is 139 Å². The van der Waals surface area contributed by atoms with Gasteiger partial charge in [-0.05, 0) is 29.9 Å². The van der Waals surface area contributed by atoms with Crippen molar-refractivity contribution in [3.05, 3.63) is 53.7 Å². The van der Waals surface area contributed by atoms with Gasteiger partial charge in [0.1, 0.15) is 12.1 Å². The average molecular weight is 325 g/mol. The molecule has 4 nitrogen and oxygen atoms in total. The van der Waals surface area contributed by atoms with Crippen LogP contribution in [-0.4, -0.2) is 29.2 Å². The van der Waals surface area contributed by atoms with Crippen LogP contribution in [0.3, 0.4) is 0 Å². The molecule has 23 heavy (non-hydrogen) atoms. The Morgan fingerprint density at radius 1 is 1.17 bits per heavy atom. The summed E-state index contributed by atoms with van der Waals surface area (Å²) in [5.74, 6) is 1.02. The van der Waals surface area contributed by atoms with E-state index < -0.39 is 0 Å². The molecule has 1 aromatic carbocycles. The second kappa shape index (κ2) is 6.64. The van der Waals surface area contributed by atoms with Gasteiger partial charge >= 0.3 is 0 Å². The fourth-order valence-corrected chi connectivity index (χ4v) is 3.93. The third-order valence-electron chi connectivity index (χ3n) is 4.19. The van der Waals surface area contributed by atoms with Crippen molar-refractivity contribution in [2.45, 2.75) is 25.5 Å². The molecule has 4 rings (SSSR count). The zero-order chi connectivity index (χ0) is 15.5. The molecule has 118 valence electrons. The molecule has 0 saturated carbocycles. The number of rotatable bonds is 5. The fourth-order valence-electron chi connectivity index (χ4n) is 3.06. The molecule has 2 aromatic heterocycles. The topological polar surface area (TPSA) is 38.2 Å². The average Bonchev–Trinajstić information content (AvgIpc) is 3.26. The maximum absolute atomic E-state index is 5.85. The summed E-state index contributed by atoms with van der Waals surface area (Å²) in [6, 6.07) is 12.6. The Kier molecular flexibility index (Phi) is 4.22. The molecule has 1 saturated heterocycles. The number of nitrogens with zero attached hydrogens (tertiary/aromatic N) is 3. The fraction of sp³-hybridized carbons (Fsp3) is 0.333. The molecule has 1 aliphatic heterocycles. The van der Waals surface area contributed by atoms with E-state index in [-0.39, 0.29) is 0 Å². The third-order valence-corrected chi connectivity index (χ3v) is 5.09. The number of hydrogen-bond donors (Lipinski definition) is 0. The van der Waals surface area contributed by atoms with E-state index in [1.54, 1.807) is 17.7 Å². The zero-order valence-electron chi connectivity index (χ0n) is 12.9. The molecule has 0 spiro atoms. The van der Waals surface area contributed by atoms with Gasteiger partial charge in [-0.1, -0.05) is 30.3 Å². The van der Waals surface area contributed by atoms with Crippen molar-refractivity contribution in [3.63, 3.8) is 0 Å². The summed E-state index contributed by atoms with van der Waals surface area (Å²) in [5, 5.41) is 2.08. The molecule has 5 heteroatoms. The van der Waals surface area contributed by atoms with Gasteiger partial charge in [0, 0.05) is 19.7 Å². The molecule has 0 unspecified atom stereocenters. The normalized spacial score (nSPS) is 17.7. The molecule has 0 N–H and O–H groups in total. The van der Waals surface area contributed by atoms with Crippen LogP contribution < -0.4 is 4.90 Å². The quantitative estimate of drug-likeness (QED) is 0.713. The predicted molar refractivity (Wildman–Crippen MR) is 93.9 cm³/mol. The number of anilines is 1. The highest BCUT2D eigenvalue weighted by molar-refractivity contribution is 7.17. The first-order valence-electron chi connectivity index (χ1n) is 7.99. The van der Waals surface area contributed by atoms with Crippen LogP contribution >= 0.6 is 11.3 Å². The van der Waals surface area contributed by atoms with Crippen LogP contribution in [0, 0.1) is 0 Å². The summed E-state index contributed by atoms with van der Waals surface area (Å²) in [6.07, 6.45) is 4.24. The van der Waals surface area contributed by atoms with Gasteiger partial charge in [-0.3, -0.25) is 0 Å². The summed E-state index contributed by atoms with van der Waals surface area (Å²) in [6.45, 7) is 2.59. The Bertz CT molecular complexity index is 768. The lowest BCUT2D eigenvalue weighted by Crippen LogP contribution is -2.32. The molecule has 0 radical (unpaired) electrons. The van der Waals surface area contributed by atoms with E-state index in [0.29, 0.717) is 6.10 Å². The Morgan fingerprint density at radius 2 is 2.09 bits per heavy atom. The van der Waals surface area contributed by atoms with Crippen molar-refractivity contribution in [3.8, 4) is 0 Å². The van der Waals surface area contributed by atoms with Crippen LogP contribution in [-0.2, 0) is 11.3 Å². The van der Waals surface area contributed by atoms with E-state index in [1.807, 2.05) is 0 Å². The lowest BCUT2D eigenvalue weighted by atomic mass is 10.2. The number of benzene rings is 1. The van der Waals surface area contributed by atoms with E-state index in [9.17, 15) is 0 Å². The molecule has 3 aromatic rings. The standard InChI is InChI=1S/C18H19N3OS/c1-2-5-14(6-3-1)11-21(12-15-7-4-9-22-15)18-17-16(8-10-23-17)19-13-20-18/h1-3,5-6,8,10,13,15H,4,7,9,11-12H2/t15-/m1/s1. The van der Waals surface area contributed by atoms with Crippen LogP contribution in [0.2, 0.25) is 0 Å². The van der Waals surface area contributed by atoms with Gasteiger partial charge in [-0.25, -0.2) is 9.97 Å². The van der Waals surface area contributed by atoms with E-state index in [2.05, 4.69) is 56.6 Å². The maximum Gasteiger partial charge on any atom is 0.150 e. The smallest absolute Gasteiger partial charge is 0.150 e. The van der Waals surface area contributed by atoms with E-state index in [1.165, 1.54) is 5.56 Å². The van der Waals surface area contributed by atoms with Gasteiger partial charge in [-0.2, -0.15) is 0 Å². The second-order valence-corrected chi connectivity index (χ2v) is 6.75. The summed E-state index contributed by atoms with van der Waals surface area (Å²) >= 11 is 1.70.